The molecule has 2 unspecified atom stereocenters. The van der Waals surface area contributed by atoms with Crippen molar-refractivity contribution in [2.24, 2.45) is 0 Å². The van der Waals surface area contributed by atoms with E-state index < -0.39 is 6.23 Å². The Morgan fingerprint density at radius 1 is 1.23 bits per heavy atom. The van der Waals surface area contributed by atoms with Gasteiger partial charge in [0.2, 0.25) is 0 Å². The van der Waals surface area contributed by atoms with Crippen molar-refractivity contribution < 1.29 is 9.84 Å². The van der Waals surface area contributed by atoms with Gasteiger partial charge in [0.1, 0.15) is 16.5 Å². The van der Waals surface area contributed by atoms with Gasteiger partial charge in [-0.15, -0.1) is 11.3 Å². The van der Waals surface area contributed by atoms with Crippen molar-refractivity contribution in [1.82, 2.24) is 9.88 Å². The average Bonchev–Trinajstić information content (AvgIpc) is 3.45. The number of aliphatic hydroxyl groups excluding tert-OH is 1. The number of benzene rings is 2. The van der Waals surface area contributed by atoms with Gasteiger partial charge in [-0.3, -0.25) is 0 Å². The Morgan fingerprint density at radius 2 is 2.03 bits per heavy atom. The number of aliphatic hydroxyl groups is 1. The summed E-state index contributed by atoms with van der Waals surface area (Å²) in [5.41, 5.74) is 3.66. The smallest absolute Gasteiger partial charge is 0.168 e. The summed E-state index contributed by atoms with van der Waals surface area (Å²) >= 11 is 1.51. The van der Waals surface area contributed by atoms with Crippen LogP contribution in [-0.2, 0) is 0 Å². The molecule has 30 heavy (non-hydrogen) atoms. The minimum atomic E-state index is -0.864. The molecular formula is C23H28N4O2S. The first-order valence-electron chi connectivity index (χ1n) is 10.1. The number of hydrogen-bond acceptors (Lipinski definition) is 7. The number of nitrogens with zero attached hydrogens (tertiary/aromatic N) is 3. The summed E-state index contributed by atoms with van der Waals surface area (Å²) in [6.45, 7) is 2.12. The van der Waals surface area contributed by atoms with E-state index in [0.717, 1.165) is 35.1 Å². The lowest BCUT2D eigenvalue weighted by atomic mass is 10.2. The molecule has 1 aliphatic heterocycles. The van der Waals surface area contributed by atoms with E-state index in [9.17, 15) is 5.11 Å². The normalized spacial score (nSPS) is 17.4. The molecule has 1 fully saturated rings. The first-order chi connectivity index (χ1) is 14.5. The molecule has 2 heterocycles. The van der Waals surface area contributed by atoms with Gasteiger partial charge in [0, 0.05) is 41.4 Å². The van der Waals surface area contributed by atoms with Crippen LogP contribution < -0.4 is 15.0 Å². The van der Waals surface area contributed by atoms with Crippen molar-refractivity contribution in [2.45, 2.75) is 18.7 Å². The van der Waals surface area contributed by atoms with Gasteiger partial charge in [-0.2, -0.15) is 0 Å². The molecule has 7 heteroatoms. The Morgan fingerprint density at radius 3 is 2.73 bits per heavy atom. The zero-order valence-corrected chi connectivity index (χ0v) is 18.4. The summed E-state index contributed by atoms with van der Waals surface area (Å²) in [4.78, 5) is 9.29. The number of likely N-dealkylation sites (N-methyl/N-ethyl adjacent to an activating group) is 1. The van der Waals surface area contributed by atoms with E-state index in [0.29, 0.717) is 11.7 Å². The van der Waals surface area contributed by atoms with Crippen molar-refractivity contribution in [3.05, 3.63) is 59.6 Å². The maximum absolute atomic E-state index is 10.6. The van der Waals surface area contributed by atoms with Gasteiger partial charge >= 0.3 is 0 Å². The molecule has 0 aliphatic carbocycles. The molecule has 2 aromatic carbocycles. The summed E-state index contributed by atoms with van der Waals surface area (Å²) in [5.74, 6) is 0.790. The van der Waals surface area contributed by atoms with Crippen LogP contribution in [0.25, 0.3) is 10.6 Å². The fourth-order valence-electron chi connectivity index (χ4n) is 3.70. The van der Waals surface area contributed by atoms with Crippen LogP contribution in [0.4, 0.5) is 11.4 Å². The maximum atomic E-state index is 10.6. The van der Waals surface area contributed by atoms with E-state index in [1.165, 1.54) is 23.4 Å². The van der Waals surface area contributed by atoms with Crippen molar-refractivity contribution in [3.63, 3.8) is 0 Å². The molecule has 2 N–H and O–H groups in total. The molecule has 0 spiro atoms. The van der Waals surface area contributed by atoms with Crippen LogP contribution in [0.2, 0.25) is 0 Å². The molecule has 0 saturated carbocycles. The van der Waals surface area contributed by atoms with Crippen LogP contribution in [-0.4, -0.2) is 55.3 Å². The highest BCUT2D eigenvalue weighted by molar-refractivity contribution is 7.13. The minimum Gasteiger partial charge on any atom is -0.497 e. The maximum Gasteiger partial charge on any atom is 0.168 e. The highest BCUT2D eigenvalue weighted by Crippen LogP contribution is 2.30. The van der Waals surface area contributed by atoms with Gasteiger partial charge in [-0.05, 0) is 56.9 Å². The van der Waals surface area contributed by atoms with Crippen LogP contribution in [0.15, 0.2) is 53.9 Å². The summed E-state index contributed by atoms with van der Waals surface area (Å²) < 4.78 is 5.28. The zero-order valence-electron chi connectivity index (χ0n) is 17.6. The van der Waals surface area contributed by atoms with Crippen molar-refractivity contribution in [3.8, 4) is 16.3 Å². The fraction of sp³-hybridized carbons (Fsp3) is 0.348. The molecule has 0 bridgehead atoms. The molecule has 158 valence electrons. The van der Waals surface area contributed by atoms with Crippen LogP contribution in [0, 0.1) is 0 Å². The molecule has 4 rings (SSSR count). The molecule has 0 amide bonds. The Kier molecular flexibility index (Phi) is 6.22. The SMILES string of the molecule is COc1cccc(-c2nc(C(O)Nc3ccc(N4CCC(N(C)C)C4)cc3)cs2)c1. The van der Waals surface area contributed by atoms with Crippen LogP contribution in [0.1, 0.15) is 18.3 Å². The highest BCUT2D eigenvalue weighted by Gasteiger charge is 2.24. The number of aromatic nitrogens is 1. The van der Waals surface area contributed by atoms with E-state index in [2.05, 4.69) is 46.3 Å². The third kappa shape index (κ3) is 4.59. The third-order valence-corrected chi connectivity index (χ3v) is 6.46. The van der Waals surface area contributed by atoms with Crippen molar-refractivity contribution in [2.75, 3.05) is 44.5 Å². The lowest BCUT2D eigenvalue weighted by molar-refractivity contribution is 0.204. The predicted molar refractivity (Wildman–Crippen MR) is 123 cm³/mol. The molecule has 6 nitrogen and oxygen atoms in total. The molecule has 1 aliphatic rings. The Hall–Kier alpha value is -2.61. The van der Waals surface area contributed by atoms with Crippen LogP contribution >= 0.6 is 11.3 Å². The summed E-state index contributed by atoms with van der Waals surface area (Å²) in [6, 6.07) is 16.6. The average molecular weight is 425 g/mol. The van der Waals surface area contributed by atoms with Gasteiger partial charge in [0.15, 0.2) is 6.23 Å². The monoisotopic (exact) mass is 424 g/mol. The summed E-state index contributed by atoms with van der Waals surface area (Å²) in [5, 5.41) is 16.5. The number of nitrogens with one attached hydrogen (secondary N) is 1. The highest BCUT2D eigenvalue weighted by atomic mass is 32.1. The summed E-state index contributed by atoms with van der Waals surface area (Å²) in [6.07, 6.45) is 0.321. The molecule has 2 atom stereocenters. The molecular weight excluding hydrogens is 396 g/mol. The van der Waals surface area contributed by atoms with Gasteiger partial charge in [0.05, 0.1) is 7.11 Å². The number of thiazole rings is 1. The van der Waals surface area contributed by atoms with E-state index >= 15 is 0 Å². The van der Waals surface area contributed by atoms with E-state index in [-0.39, 0.29) is 0 Å². The number of ether oxygens (including phenoxy) is 1. The van der Waals surface area contributed by atoms with E-state index in [1.807, 2.05) is 41.8 Å². The fourth-order valence-corrected chi connectivity index (χ4v) is 4.53. The number of anilines is 2. The lowest BCUT2D eigenvalue weighted by Crippen LogP contribution is -2.31. The first kappa shape index (κ1) is 20.7. The molecule has 1 saturated heterocycles. The molecule has 3 aromatic rings. The summed E-state index contributed by atoms with van der Waals surface area (Å²) in [7, 11) is 5.93. The second-order valence-corrected chi connectivity index (χ2v) is 8.61. The lowest BCUT2D eigenvalue weighted by Gasteiger charge is -2.22. The predicted octanol–water partition coefficient (Wildman–Crippen LogP) is 4.06. The molecule has 1 aromatic heterocycles. The van der Waals surface area contributed by atoms with Crippen LogP contribution in [0.3, 0.4) is 0 Å². The van der Waals surface area contributed by atoms with E-state index in [1.54, 1.807) is 7.11 Å². The second kappa shape index (κ2) is 9.04. The Bertz CT molecular complexity index is 973. The number of hydrogen-bond donors (Lipinski definition) is 2. The Labute approximate surface area is 181 Å². The topological polar surface area (TPSA) is 60.9 Å². The van der Waals surface area contributed by atoms with Gasteiger partial charge < -0.3 is 25.0 Å². The van der Waals surface area contributed by atoms with Gasteiger partial charge in [0.25, 0.3) is 0 Å². The minimum absolute atomic E-state index is 0.605. The number of rotatable bonds is 7. The largest absolute Gasteiger partial charge is 0.497 e. The zero-order chi connectivity index (χ0) is 21.1. The van der Waals surface area contributed by atoms with E-state index in [4.69, 9.17) is 4.74 Å². The standard InChI is InChI=1S/C23H28N4O2S/c1-26(2)19-11-12-27(14-19)18-9-7-17(8-10-18)24-22(28)21-15-30-23(25-21)16-5-4-6-20(13-16)29-3/h4-10,13,15,19,22,24,28H,11-12,14H2,1-3H3. The Balaban J connectivity index is 1.39. The number of methoxy groups -OCH3 is 1. The molecule has 0 radical (unpaired) electrons. The second-order valence-electron chi connectivity index (χ2n) is 7.76. The van der Waals surface area contributed by atoms with Gasteiger partial charge in [-0.1, -0.05) is 12.1 Å². The van der Waals surface area contributed by atoms with Crippen LogP contribution in [0.5, 0.6) is 5.75 Å². The first-order valence-corrected chi connectivity index (χ1v) is 11.0. The van der Waals surface area contributed by atoms with Gasteiger partial charge in [-0.25, -0.2) is 4.98 Å². The third-order valence-electron chi connectivity index (χ3n) is 5.55. The van der Waals surface area contributed by atoms with Crippen molar-refractivity contribution >= 4 is 22.7 Å². The quantitative estimate of drug-likeness (QED) is 0.558. The van der Waals surface area contributed by atoms with Crippen molar-refractivity contribution in [1.29, 1.82) is 0 Å².